The highest BCUT2D eigenvalue weighted by Gasteiger charge is 2.20. The number of para-hydroxylation sites is 1. The van der Waals surface area contributed by atoms with E-state index in [1.807, 2.05) is 24.0 Å². The second-order valence-electron chi connectivity index (χ2n) is 6.09. The second-order valence-corrected chi connectivity index (χ2v) is 6.09. The first-order valence-corrected chi connectivity index (χ1v) is 8.39. The molecule has 120 valence electrons. The van der Waals surface area contributed by atoms with Gasteiger partial charge in [0.15, 0.2) is 0 Å². The van der Waals surface area contributed by atoms with E-state index in [1.165, 1.54) is 16.8 Å². The minimum absolute atomic E-state index is 0.197. The molecule has 0 spiro atoms. The van der Waals surface area contributed by atoms with E-state index in [0.717, 1.165) is 25.2 Å². The molecule has 3 rings (SSSR count). The summed E-state index contributed by atoms with van der Waals surface area (Å²) in [5.74, 6) is 0.197. The molecule has 2 aromatic rings. The van der Waals surface area contributed by atoms with Gasteiger partial charge in [-0.2, -0.15) is 0 Å². The summed E-state index contributed by atoms with van der Waals surface area (Å²) in [4.78, 5) is 16.9. The molecule has 0 aromatic heterocycles. The molecule has 2 aromatic carbocycles. The predicted molar refractivity (Wildman–Crippen MR) is 96.2 cm³/mol. The summed E-state index contributed by atoms with van der Waals surface area (Å²) in [5.41, 5.74) is 4.87. The van der Waals surface area contributed by atoms with Crippen molar-refractivity contribution in [2.45, 2.75) is 26.7 Å². The highest BCUT2D eigenvalue weighted by molar-refractivity contribution is 5.93. The van der Waals surface area contributed by atoms with Crippen molar-refractivity contribution >= 4 is 17.3 Å². The first kappa shape index (κ1) is 15.6. The Labute approximate surface area is 138 Å². The Morgan fingerprint density at radius 2 is 2.00 bits per heavy atom. The van der Waals surface area contributed by atoms with E-state index in [9.17, 15) is 4.79 Å². The number of rotatable bonds is 5. The molecule has 3 nitrogen and oxygen atoms in total. The van der Waals surface area contributed by atoms with Gasteiger partial charge in [-0.25, -0.2) is 0 Å². The van der Waals surface area contributed by atoms with E-state index < -0.39 is 0 Å². The largest absolute Gasteiger partial charge is 0.370 e. The predicted octanol–water partition coefficient (Wildman–Crippen LogP) is 3.80. The van der Waals surface area contributed by atoms with Crippen molar-refractivity contribution in [2.24, 2.45) is 0 Å². The van der Waals surface area contributed by atoms with Gasteiger partial charge in [0.25, 0.3) is 0 Å². The van der Waals surface area contributed by atoms with Gasteiger partial charge in [0.2, 0.25) is 5.91 Å². The smallest absolute Gasteiger partial charge is 0.228 e. The molecule has 0 fully saturated rings. The monoisotopic (exact) mass is 308 g/mol. The van der Waals surface area contributed by atoms with E-state index in [0.29, 0.717) is 13.0 Å². The molecule has 0 saturated carbocycles. The molecule has 0 atom stereocenters. The number of carbonyl (C=O) groups is 1. The quantitative estimate of drug-likeness (QED) is 0.839. The molecular formula is C20H24N2O. The Bertz CT molecular complexity index is 696. The van der Waals surface area contributed by atoms with Crippen molar-refractivity contribution in [3.05, 3.63) is 59.7 Å². The average molecular weight is 308 g/mol. The van der Waals surface area contributed by atoms with E-state index in [4.69, 9.17) is 0 Å². The Balaban J connectivity index is 1.65. The lowest BCUT2D eigenvalue weighted by molar-refractivity contribution is -0.118. The van der Waals surface area contributed by atoms with Gasteiger partial charge in [0, 0.05) is 37.4 Å². The van der Waals surface area contributed by atoms with Crippen LogP contribution in [0.2, 0.25) is 0 Å². The standard InChI is InChI=1S/C20H24N2O/c1-3-22(18-9-6-7-16(2)15-18)20(23)12-14-21-13-11-17-8-4-5-10-19(17)21/h4-10,15H,3,11-14H2,1-2H3. The highest BCUT2D eigenvalue weighted by atomic mass is 16.2. The fourth-order valence-electron chi connectivity index (χ4n) is 3.30. The maximum atomic E-state index is 12.7. The number of benzene rings is 2. The molecule has 0 aliphatic carbocycles. The van der Waals surface area contributed by atoms with Gasteiger partial charge >= 0.3 is 0 Å². The average Bonchev–Trinajstić information content (AvgIpc) is 2.97. The molecular weight excluding hydrogens is 284 g/mol. The zero-order valence-electron chi connectivity index (χ0n) is 14.0. The summed E-state index contributed by atoms with van der Waals surface area (Å²) in [6.07, 6.45) is 1.63. The number of carbonyl (C=O) groups excluding carboxylic acids is 1. The molecule has 23 heavy (non-hydrogen) atoms. The van der Waals surface area contributed by atoms with Gasteiger partial charge in [-0.3, -0.25) is 4.79 Å². The zero-order chi connectivity index (χ0) is 16.2. The number of amides is 1. The third-order valence-corrected chi connectivity index (χ3v) is 4.51. The number of nitrogens with zero attached hydrogens (tertiary/aromatic N) is 2. The lowest BCUT2D eigenvalue weighted by Gasteiger charge is -2.24. The van der Waals surface area contributed by atoms with Gasteiger partial charge in [0.1, 0.15) is 0 Å². The normalized spacial score (nSPS) is 13.0. The molecule has 1 aliphatic heterocycles. The van der Waals surface area contributed by atoms with Crippen LogP contribution in [-0.2, 0) is 11.2 Å². The minimum Gasteiger partial charge on any atom is -0.370 e. The number of hydrogen-bond donors (Lipinski definition) is 0. The van der Waals surface area contributed by atoms with Crippen LogP contribution < -0.4 is 9.80 Å². The first-order valence-electron chi connectivity index (χ1n) is 8.39. The number of aryl methyl sites for hydroxylation is 1. The summed E-state index contributed by atoms with van der Waals surface area (Å²) in [5, 5.41) is 0. The van der Waals surface area contributed by atoms with Gasteiger partial charge in [-0.05, 0) is 49.6 Å². The number of anilines is 2. The van der Waals surface area contributed by atoms with E-state index in [-0.39, 0.29) is 5.91 Å². The number of fused-ring (bicyclic) bond motifs is 1. The molecule has 1 heterocycles. The topological polar surface area (TPSA) is 23.6 Å². The summed E-state index contributed by atoms with van der Waals surface area (Å²) in [6.45, 7) is 6.61. The zero-order valence-corrected chi connectivity index (χ0v) is 14.0. The van der Waals surface area contributed by atoms with Crippen LogP contribution in [0, 0.1) is 6.92 Å². The molecule has 1 aliphatic rings. The Kier molecular flexibility index (Phi) is 4.65. The molecule has 0 unspecified atom stereocenters. The first-order chi connectivity index (χ1) is 11.2. The Morgan fingerprint density at radius 3 is 2.78 bits per heavy atom. The number of hydrogen-bond acceptors (Lipinski definition) is 2. The van der Waals surface area contributed by atoms with Crippen LogP contribution in [0.15, 0.2) is 48.5 Å². The molecule has 0 radical (unpaired) electrons. The lowest BCUT2D eigenvalue weighted by atomic mass is 10.2. The Hall–Kier alpha value is -2.29. The molecule has 0 bridgehead atoms. The van der Waals surface area contributed by atoms with Crippen LogP contribution in [0.3, 0.4) is 0 Å². The van der Waals surface area contributed by atoms with Crippen molar-refractivity contribution in [3.8, 4) is 0 Å². The van der Waals surface area contributed by atoms with Gasteiger partial charge in [-0.15, -0.1) is 0 Å². The minimum atomic E-state index is 0.197. The van der Waals surface area contributed by atoms with Crippen molar-refractivity contribution in [2.75, 3.05) is 29.4 Å². The van der Waals surface area contributed by atoms with E-state index >= 15 is 0 Å². The van der Waals surface area contributed by atoms with Crippen molar-refractivity contribution in [1.29, 1.82) is 0 Å². The van der Waals surface area contributed by atoms with Gasteiger partial charge in [0.05, 0.1) is 0 Å². The van der Waals surface area contributed by atoms with Crippen molar-refractivity contribution in [1.82, 2.24) is 0 Å². The summed E-state index contributed by atoms with van der Waals surface area (Å²) in [7, 11) is 0. The van der Waals surface area contributed by atoms with Crippen LogP contribution in [0.4, 0.5) is 11.4 Å². The van der Waals surface area contributed by atoms with E-state index in [2.05, 4.69) is 48.2 Å². The maximum Gasteiger partial charge on any atom is 0.228 e. The second kappa shape index (κ2) is 6.86. The van der Waals surface area contributed by atoms with Crippen molar-refractivity contribution in [3.63, 3.8) is 0 Å². The van der Waals surface area contributed by atoms with Crippen LogP contribution >= 0.6 is 0 Å². The summed E-state index contributed by atoms with van der Waals surface area (Å²) >= 11 is 0. The fraction of sp³-hybridized carbons (Fsp3) is 0.350. The third-order valence-electron chi connectivity index (χ3n) is 4.51. The summed E-state index contributed by atoms with van der Waals surface area (Å²) in [6, 6.07) is 16.7. The maximum absolute atomic E-state index is 12.7. The van der Waals surface area contributed by atoms with Gasteiger partial charge in [-0.1, -0.05) is 30.3 Å². The molecule has 1 amide bonds. The fourth-order valence-corrected chi connectivity index (χ4v) is 3.30. The van der Waals surface area contributed by atoms with Crippen LogP contribution in [0.1, 0.15) is 24.5 Å². The molecule has 0 saturated heterocycles. The molecule has 3 heteroatoms. The SMILES string of the molecule is CCN(C(=O)CCN1CCc2ccccc21)c1cccc(C)c1. The highest BCUT2D eigenvalue weighted by Crippen LogP contribution is 2.27. The van der Waals surface area contributed by atoms with Gasteiger partial charge < -0.3 is 9.80 Å². The lowest BCUT2D eigenvalue weighted by Crippen LogP contribution is -2.34. The van der Waals surface area contributed by atoms with Crippen LogP contribution in [0.25, 0.3) is 0 Å². The van der Waals surface area contributed by atoms with Crippen LogP contribution in [0.5, 0.6) is 0 Å². The van der Waals surface area contributed by atoms with Crippen molar-refractivity contribution < 1.29 is 4.79 Å². The summed E-state index contributed by atoms with van der Waals surface area (Å²) < 4.78 is 0. The third kappa shape index (κ3) is 3.39. The van der Waals surface area contributed by atoms with Crippen LogP contribution in [-0.4, -0.2) is 25.5 Å². The molecule has 0 N–H and O–H groups in total. The Morgan fingerprint density at radius 1 is 1.17 bits per heavy atom. The van der Waals surface area contributed by atoms with E-state index in [1.54, 1.807) is 0 Å².